The van der Waals surface area contributed by atoms with E-state index in [1.165, 1.54) is 0 Å². The highest BCUT2D eigenvalue weighted by molar-refractivity contribution is 6.05. The fourth-order valence-electron chi connectivity index (χ4n) is 4.06. The van der Waals surface area contributed by atoms with Crippen LogP contribution in [-0.4, -0.2) is 51.1 Å². The van der Waals surface area contributed by atoms with Gasteiger partial charge in [-0.2, -0.15) is 0 Å². The summed E-state index contributed by atoms with van der Waals surface area (Å²) in [6.07, 6.45) is 1.82. The van der Waals surface area contributed by atoms with E-state index in [0.717, 1.165) is 22.4 Å². The van der Waals surface area contributed by atoms with Gasteiger partial charge in [0, 0.05) is 43.7 Å². The van der Waals surface area contributed by atoms with Crippen LogP contribution in [-0.2, 0) is 6.54 Å². The van der Waals surface area contributed by atoms with Crippen LogP contribution in [0.2, 0.25) is 0 Å². The minimum Gasteiger partial charge on any atom is -0.494 e. The molecule has 1 heterocycles. The van der Waals surface area contributed by atoms with Crippen LogP contribution < -0.4 is 25.4 Å². The second kappa shape index (κ2) is 10.1. The number of methoxy groups -OCH3 is 1. The van der Waals surface area contributed by atoms with Crippen molar-refractivity contribution in [3.8, 4) is 11.5 Å². The number of Topliss-reactive ketones (excluding diaryl/α,β-unsaturated/α-hetero) is 1. The van der Waals surface area contributed by atoms with Gasteiger partial charge < -0.3 is 30.0 Å². The van der Waals surface area contributed by atoms with Gasteiger partial charge in [-0.1, -0.05) is 13.8 Å². The van der Waals surface area contributed by atoms with Gasteiger partial charge in [0.25, 0.3) is 5.91 Å². The zero-order valence-electron chi connectivity index (χ0n) is 21.0. The Morgan fingerprint density at radius 1 is 1.18 bits per heavy atom. The molecule has 34 heavy (non-hydrogen) atoms. The summed E-state index contributed by atoms with van der Waals surface area (Å²) in [4.78, 5) is 27.7. The third-order valence-electron chi connectivity index (χ3n) is 5.85. The smallest absolute Gasteiger partial charge is 0.254 e. The number of ketones is 1. The average Bonchev–Trinajstić information content (AvgIpc) is 3.11. The molecule has 3 N–H and O–H groups in total. The largest absolute Gasteiger partial charge is 0.494 e. The molecule has 0 bridgehead atoms. The molecule has 8 heteroatoms. The highest BCUT2D eigenvalue weighted by atomic mass is 16.5. The summed E-state index contributed by atoms with van der Waals surface area (Å²) in [7, 11) is 7.06. The number of nitrogen functional groups attached to an aromatic ring is 1. The van der Waals surface area contributed by atoms with E-state index in [1.54, 1.807) is 30.9 Å². The zero-order chi connectivity index (χ0) is 25.2. The summed E-state index contributed by atoms with van der Waals surface area (Å²) in [5.74, 6) is 1.52. The topological polar surface area (TPSA) is 98.8 Å². The maximum Gasteiger partial charge on any atom is 0.254 e. The Hall–Kier alpha value is -3.68. The molecule has 2 aromatic carbocycles. The lowest BCUT2D eigenvalue weighted by atomic mass is 9.96. The van der Waals surface area contributed by atoms with Crippen LogP contribution in [0.3, 0.4) is 0 Å². The van der Waals surface area contributed by atoms with Crippen LogP contribution in [0.15, 0.2) is 30.5 Å². The fraction of sp³-hybridized carbons (Fsp3) is 0.385. The summed E-state index contributed by atoms with van der Waals surface area (Å²) in [5, 5.41) is 4.12. The molecule has 0 aliphatic carbocycles. The quantitative estimate of drug-likeness (QED) is 0.462. The first kappa shape index (κ1) is 25.0. The second-order valence-electron chi connectivity index (χ2n) is 8.68. The number of hydrogen-bond donors (Lipinski definition) is 2. The number of ether oxygens (including phenoxy) is 2. The monoisotopic (exact) mass is 466 g/mol. The number of carbonyl (C=O) groups is 2. The molecule has 1 amide bonds. The van der Waals surface area contributed by atoms with Gasteiger partial charge in [-0.15, -0.1) is 0 Å². The average molecular weight is 467 g/mol. The van der Waals surface area contributed by atoms with E-state index in [-0.39, 0.29) is 24.2 Å². The molecule has 0 unspecified atom stereocenters. The van der Waals surface area contributed by atoms with Crippen molar-refractivity contribution < 1.29 is 19.1 Å². The number of hydrogen-bond acceptors (Lipinski definition) is 6. The van der Waals surface area contributed by atoms with Crippen LogP contribution >= 0.6 is 0 Å². The number of nitrogens with zero attached hydrogens (tertiary/aromatic N) is 2. The van der Waals surface area contributed by atoms with E-state index in [9.17, 15) is 9.59 Å². The van der Waals surface area contributed by atoms with Crippen molar-refractivity contribution in [1.82, 2.24) is 9.88 Å². The Morgan fingerprint density at radius 2 is 1.88 bits per heavy atom. The molecular formula is C26H34N4O4. The first-order chi connectivity index (χ1) is 16.1. The van der Waals surface area contributed by atoms with Gasteiger partial charge >= 0.3 is 0 Å². The van der Waals surface area contributed by atoms with E-state index in [1.807, 2.05) is 44.2 Å². The predicted molar refractivity (Wildman–Crippen MR) is 137 cm³/mol. The molecule has 0 saturated carbocycles. The Kier molecular flexibility index (Phi) is 7.39. The van der Waals surface area contributed by atoms with Crippen LogP contribution in [0, 0.1) is 0 Å². The van der Waals surface area contributed by atoms with Gasteiger partial charge in [-0.25, -0.2) is 0 Å². The summed E-state index contributed by atoms with van der Waals surface area (Å²) in [5.41, 5.74) is 9.22. The summed E-state index contributed by atoms with van der Waals surface area (Å²) >= 11 is 0. The lowest BCUT2D eigenvalue weighted by molar-refractivity contribution is 0.0955. The summed E-state index contributed by atoms with van der Waals surface area (Å²) in [6, 6.07) is 7.25. The van der Waals surface area contributed by atoms with Crippen LogP contribution in [0.4, 0.5) is 11.5 Å². The van der Waals surface area contributed by atoms with Crippen LogP contribution in [0.1, 0.15) is 53.0 Å². The van der Waals surface area contributed by atoms with Crippen molar-refractivity contribution in [1.29, 1.82) is 0 Å². The van der Waals surface area contributed by atoms with E-state index >= 15 is 0 Å². The Bertz CT molecular complexity index is 1200. The number of anilines is 2. The van der Waals surface area contributed by atoms with Gasteiger partial charge in [0.1, 0.15) is 17.3 Å². The second-order valence-corrected chi connectivity index (χ2v) is 8.68. The molecule has 3 aromatic rings. The third kappa shape index (κ3) is 4.66. The van der Waals surface area contributed by atoms with Crippen molar-refractivity contribution >= 4 is 34.0 Å². The van der Waals surface area contributed by atoms with Crippen molar-refractivity contribution in [2.24, 2.45) is 0 Å². The van der Waals surface area contributed by atoms with Crippen molar-refractivity contribution in [2.75, 3.05) is 45.5 Å². The lowest BCUT2D eigenvalue weighted by Gasteiger charge is -2.22. The number of benzene rings is 2. The Labute approximate surface area is 200 Å². The maximum absolute atomic E-state index is 13.4. The highest BCUT2D eigenvalue weighted by Gasteiger charge is 2.21. The minimum atomic E-state index is -0.260. The third-order valence-corrected chi connectivity index (χ3v) is 5.85. The molecule has 0 spiro atoms. The molecule has 0 aliphatic rings. The molecule has 0 atom stereocenters. The molecule has 182 valence electrons. The molecule has 1 aromatic heterocycles. The first-order valence-corrected chi connectivity index (χ1v) is 11.3. The SMILES string of the molecule is CCOc1cc2cn(CC(=O)c3cc(C(C)C)c(OC)c(N(C)C)c3)c(N)c2cc1C(=O)NC. The zero-order valence-corrected chi connectivity index (χ0v) is 21.0. The molecule has 3 rings (SSSR count). The van der Waals surface area contributed by atoms with Crippen LogP contribution in [0.5, 0.6) is 11.5 Å². The van der Waals surface area contributed by atoms with Crippen molar-refractivity contribution in [3.63, 3.8) is 0 Å². The van der Waals surface area contributed by atoms with Crippen LogP contribution in [0.25, 0.3) is 10.8 Å². The lowest BCUT2D eigenvalue weighted by Crippen LogP contribution is -2.19. The maximum atomic E-state index is 13.4. The van der Waals surface area contributed by atoms with E-state index in [2.05, 4.69) is 19.2 Å². The molecule has 0 aliphatic heterocycles. The number of nitrogens with one attached hydrogen (secondary N) is 1. The molecule has 8 nitrogen and oxygen atoms in total. The Morgan fingerprint density at radius 3 is 2.44 bits per heavy atom. The summed E-state index contributed by atoms with van der Waals surface area (Å²) in [6.45, 7) is 6.49. The Balaban J connectivity index is 2.05. The minimum absolute atomic E-state index is 0.0660. The summed E-state index contributed by atoms with van der Waals surface area (Å²) < 4.78 is 13.0. The predicted octanol–water partition coefficient (Wildman–Crippen LogP) is 4.06. The van der Waals surface area contributed by atoms with Gasteiger partial charge in [-0.3, -0.25) is 9.59 Å². The first-order valence-electron chi connectivity index (χ1n) is 11.3. The van der Waals surface area contributed by atoms with Crippen molar-refractivity contribution in [3.05, 3.63) is 47.2 Å². The number of fused-ring (bicyclic) bond motifs is 1. The number of carbonyl (C=O) groups excluding carboxylic acids is 2. The van der Waals surface area contributed by atoms with E-state index in [0.29, 0.717) is 34.7 Å². The standard InChI is InChI=1S/C26H34N4O4/c1-8-34-23-11-17-13-30(25(27)19(17)12-20(23)26(32)28-4)14-22(31)16-9-18(15(2)3)24(33-7)21(10-16)29(5)6/h9-13,15H,8,14,27H2,1-7H3,(H,28,32). The van der Waals surface area contributed by atoms with Gasteiger partial charge in [0.2, 0.25) is 0 Å². The number of rotatable bonds is 9. The number of aromatic nitrogens is 1. The van der Waals surface area contributed by atoms with Gasteiger partial charge in [0.15, 0.2) is 5.78 Å². The highest BCUT2D eigenvalue weighted by Crippen LogP contribution is 2.37. The number of amides is 1. The van der Waals surface area contributed by atoms with Gasteiger partial charge in [0.05, 0.1) is 31.5 Å². The fourth-order valence-corrected chi connectivity index (χ4v) is 4.06. The molecule has 0 fully saturated rings. The normalized spacial score (nSPS) is 11.1. The number of nitrogens with two attached hydrogens (primary N) is 1. The van der Waals surface area contributed by atoms with Crippen molar-refractivity contribution in [2.45, 2.75) is 33.2 Å². The molecule has 0 saturated heterocycles. The van der Waals surface area contributed by atoms with E-state index in [4.69, 9.17) is 15.2 Å². The molecule has 0 radical (unpaired) electrons. The van der Waals surface area contributed by atoms with Gasteiger partial charge in [-0.05, 0) is 42.7 Å². The molecular weight excluding hydrogens is 432 g/mol. The van der Waals surface area contributed by atoms with E-state index < -0.39 is 0 Å².